The van der Waals surface area contributed by atoms with Gasteiger partial charge in [-0.3, -0.25) is 13.8 Å². The van der Waals surface area contributed by atoms with E-state index in [2.05, 4.69) is 116 Å². The van der Waals surface area contributed by atoms with Crippen LogP contribution in [0.3, 0.4) is 0 Å². The van der Waals surface area contributed by atoms with Crippen molar-refractivity contribution in [3.8, 4) is 0 Å². The first kappa shape index (κ1) is 78.2. The minimum Gasteiger partial charge on any atom is -0.387 e. The Kier molecular flexibility index (Phi) is 59.5. The summed E-state index contributed by atoms with van der Waals surface area (Å²) in [5.74, 6) is -0.195. The molecule has 0 fully saturated rings. The molecule has 0 rings (SSSR count). The Morgan fingerprint density at radius 2 is 0.753 bits per heavy atom. The normalized spacial score (nSPS) is 14.4. The maximum Gasteiger partial charge on any atom is 0.472 e. The van der Waals surface area contributed by atoms with E-state index in [1.165, 1.54) is 186 Å². The number of unbranched alkanes of at least 4 members (excludes halogenated alkanes) is 32. The van der Waals surface area contributed by atoms with Gasteiger partial charge in [0.2, 0.25) is 5.91 Å². The number of nitrogens with zero attached hydrogens (tertiary/aromatic N) is 1. The van der Waals surface area contributed by atoms with Gasteiger partial charge in [0.15, 0.2) is 0 Å². The van der Waals surface area contributed by atoms with Crippen LogP contribution in [0.4, 0.5) is 0 Å². The zero-order chi connectivity index (χ0) is 59.1. The molecule has 0 heterocycles. The lowest BCUT2D eigenvalue weighted by Crippen LogP contribution is -2.45. The first-order valence-electron chi connectivity index (χ1n) is 33.8. The Balaban J connectivity index is 4.19. The van der Waals surface area contributed by atoms with Gasteiger partial charge >= 0.3 is 7.82 Å². The van der Waals surface area contributed by atoms with Crippen LogP contribution in [0.2, 0.25) is 0 Å². The predicted octanol–water partition coefficient (Wildman–Crippen LogP) is 21.5. The van der Waals surface area contributed by atoms with Gasteiger partial charge in [0.1, 0.15) is 13.2 Å². The number of likely N-dealkylation sites (N-methyl/N-ethyl adjacent to an activating group) is 1. The van der Waals surface area contributed by atoms with E-state index in [4.69, 9.17) is 9.05 Å². The third-order valence-electron chi connectivity index (χ3n) is 14.7. The summed E-state index contributed by atoms with van der Waals surface area (Å²) >= 11 is 0. The van der Waals surface area contributed by atoms with Crippen molar-refractivity contribution in [3.63, 3.8) is 0 Å². The molecule has 0 radical (unpaired) electrons. The molecule has 8 nitrogen and oxygen atoms in total. The molecule has 9 heteroatoms. The summed E-state index contributed by atoms with van der Waals surface area (Å²) in [6.45, 7) is 4.69. The summed E-state index contributed by atoms with van der Waals surface area (Å²) in [6.07, 6.45) is 90.8. The number of rotatable bonds is 61. The zero-order valence-corrected chi connectivity index (χ0v) is 54.4. The van der Waals surface area contributed by atoms with E-state index in [0.717, 1.165) is 83.5 Å². The summed E-state index contributed by atoms with van der Waals surface area (Å²) in [6, 6.07) is -0.880. The van der Waals surface area contributed by atoms with Gasteiger partial charge in [0, 0.05) is 6.42 Å². The quantitative estimate of drug-likeness (QED) is 0.0243. The lowest BCUT2D eigenvalue weighted by molar-refractivity contribution is -0.870. The van der Waals surface area contributed by atoms with Crippen LogP contribution in [0.25, 0.3) is 0 Å². The number of quaternary nitrogens is 1. The minimum absolute atomic E-state index is 0.0486. The molecule has 0 aliphatic rings. The smallest absolute Gasteiger partial charge is 0.387 e. The SMILES string of the molecule is CC/C=C\C/C=C\C/C=C\C/C=C\C/C=C\C/C=C\CCCCCCCCCCCCCCC(=O)NC(COP(=O)(O)OCC[N+](C)(C)C)C(O)/C=C/CC/C=C/CC/C=C/CCCCCCCCCCCCCCCCCCCC. The highest BCUT2D eigenvalue weighted by atomic mass is 31.2. The number of aliphatic hydroxyl groups is 1. The predicted molar refractivity (Wildman–Crippen MR) is 355 cm³/mol. The van der Waals surface area contributed by atoms with Crippen LogP contribution in [0, 0.1) is 0 Å². The Morgan fingerprint density at radius 3 is 1.14 bits per heavy atom. The molecule has 0 saturated heterocycles. The number of phosphoric ester groups is 1. The highest BCUT2D eigenvalue weighted by molar-refractivity contribution is 7.47. The van der Waals surface area contributed by atoms with E-state index in [-0.39, 0.29) is 19.1 Å². The third kappa shape index (κ3) is 64.6. The van der Waals surface area contributed by atoms with E-state index in [1.54, 1.807) is 6.08 Å². The fourth-order valence-corrected chi connectivity index (χ4v) is 10.2. The van der Waals surface area contributed by atoms with Gasteiger partial charge < -0.3 is 19.8 Å². The van der Waals surface area contributed by atoms with Gasteiger partial charge in [-0.1, -0.05) is 297 Å². The molecule has 3 atom stereocenters. The molecule has 468 valence electrons. The van der Waals surface area contributed by atoms with Crippen LogP contribution in [-0.2, 0) is 18.4 Å². The summed E-state index contributed by atoms with van der Waals surface area (Å²) in [7, 11) is 1.54. The van der Waals surface area contributed by atoms with Crippen molar-refractivity contribution in [1.82, 2.24) is 5.32 Å². The standard InChI is InChI=1S/C72H129N2O6P/c1-6-8-10-12-14-16-18-20-22-24-26-28-30-32-34-36-37-38-40-42-44-46-48-50-52-54-56-58-60-62-64-66-72(76)73-70(69-80-81(77,78)79-68-67-74(3,4)5)71(75)65-63-61-59-57-55-53-51-49-47-45-43-41-39-35-33-31-29-27-25-23-21-19-17-15-13-11-9-7-2/h8,10,14,16,20,22,26,28,32,34,37-38,47,49,55,57,63,65,70-71,75H,6-7,9,11-13,15,17-19,21,23-25,27,29-31,33,35-36,39-46,48,50-54,56,58-62,64,66-69H2,1-5H3,(H-,73,76,77,78)/p+1/b10-8-,16-14-,22-20-,28-26-,34-32-,38-37-,49-47+,57-55+,65-63+. The van der Waals surface area contributed by atoms with Gasteiger partial charge in [-0.05, 0) is 96.3 Å². The second-order valence-corrected chi connectivity index (χ2v) is 25.3. The fraction of sp³-hybridized carbons (Fsp3) is 0.736. The monoisotopic (exact) mass is 1150 g/mol. The van der Waals surface area contributed by atoms with Crippen molar-refractivity contribution in [2.24, 2.45) is 0 Å². The molecule has 0 aliphatic carbocycles. The molecule has 3 unspecified atom stereocenters. The van der Waals surface area contributed by atoms with Crippen molar-refractivity contribution in [1.29, 1.82) is 0 Å². The molecule has 0 aromatic carbocycles. The second kappa shape index (κ2) is 61.7. The lowest BCUT2D eigenvalue weighted by atomic mass is 10.0. The van der Waals surface area contributed by atoms with E-state index < -0.39 is 20.0 Å². The van der Waals surface area contributed by atoms with Crippen LogP contribution >= 0.6 is 7.82 Å². The number of carbonyl (C=O) groups is 1. The molecule has 81 heavy (non-hydrogen) atoms. The number of hydrogen-bond acceptors (Lipinski definition) is 5. The number of hydrogen-bond donors (Lipinski definition) is 3. The highest BCUT2D eigenvalue weighted by Crippen LogP contribution is 2.43. The van der Waals surface area contributed by atoms with Gasteiger partial charge in [0.05, 0.1) is 39.9 Å². The number of carbonyl (C=O) groups excluding carboxylic acids is 1. The number of allylic oxidation sites excluding steroid dienone is 17. The minimum atomic E-state index is -4.37. The van der Waals surface area contributed by atoms with Crippen molar-refractivity contribution >= 4 is 13.7 Å². The highest BCUT2D eigenvalue weighted by Gasteiger charge is 2.28. The molecule has 1 amide bonds. The van der Waals surface area contributed by atoms with Gasteiger partial charge in [-0.2, -0.15) is 0 Å². The second-order valence-electron chi connectivity index (χ2n) is 23.8. The maximum absolute atomic E-state index is 13.0. The van der Waals surface area contributed by atoms with Crippen LogP contribution in [0.5, 0.6) is 0 Å². The molecule has 0 aliphatic heterocycles. The van der Waals surface area contributed by atoms with Crippen LogP contribution in [0.15, 0.2) is 109 Å². The molecular weight excluding hydrogens is 1020 g/mol. The topological polar surface area (TPSA) is 105 Å². The van der Waals surface area contributed by atoms with Crippen molar-refractivity contribution in [3.05, 3.63) is 109 Å². The van der Waals surface area contributed by atoms with Crippen molar-refractivity contribution in [2.75, 3.05) is 40.9 Å². The van der Waals surface area contributed by atoms with E-state index >= 15 is 0 Å². The Morgan fingerprint density at radius 1 is 0.432 bits per heavy atom. The number of amides is 1. The van der Waals surface area contributed by atoms with Crippen LogP contribution in [0.1, 0.15) is 290 Å². The molecule has 0 aromatic rings. The molecule has 0 saturated carbocycles. The first-order valence-corrected chi connectivity index (χ1v) is 35.3. The maximum atomic E-state index is 13.0. The fourth-order valence-electron chi connectivity index (χ4n) is 9.49. The number of phosphoric acid groups is 1. The summed E-state index contributed by atoms with van der Waals surface area (Å²) in [4.78, 5) is 23.4. The third-order valence-corrected chi connectivity index (χ3v) is 15.7. The Bertz CT molecular complexity index is 1690. The van der Waals surface area contributed by atoms with Crippen molar-refractivity contribution in [2.45, 2.75) is 302 Å². The molecule has 0 aromatic heterocycles. The van der Waals surface area contributed by atoms with Gasteiger partial charge in [-0.15, -0.1) is 0 Å². The zero-order valence-electron chi connectivity index (χ0n) is 53.5. The van der Waals surface area contributed by atoms with E-state index in [0.29, 0.717) is 17.4 Å². The first-order chi connectivity index (χ1) is 39.5. The summed E-state index contributed by atoms with van der Waals surface area (Å²) < 4.78 is 23.8. The largest absolute Gasteiger partial charge is 0.472 e. The molecule has 3 N–H and O–H groups in total. The van der Waals surface area contributed by atoms with E-state index in [1.807, 2.05) is 27.2 Å². The van der Waals surface area contributed by atoms with Crippen LogP contribution < -0.4 is 5.32 Å². The summed E-state index contributed by atoms with van der Waals surface area (Å²) in [5.41, 5.74) is 0. The number of aliphatic hydroxyl groups excluding tert-OH is 1. The van der Waals surface area contributed by atoms with Crippen LogP contribution in [-0.4, -0.2) is 73.4 Å². The van der Waals surface area contributed by atoms with Gasteiger partial charge in [0.25, 0.3) is 0 Å². The Hall–Kier alpha value is -2.84. The average molecular weight is 1150 g/mol. The number of nitrogens with one attached hydrogen (secondary N) is 1. The molecule has 0 bridgehead atoms. The Labute approximate surface area is 501 Å². The van der Waals surface area contributed by atoms with E-state index in [9.17, 15) is 19.4 Å². The molecular formula is C72H130N2O6P+. The summed E-state index contributed by atoms with van der Waals surface area (Å²) in [5, 5.41) is 14.0. The van der Waals surface area contributed by atoms with Crippen molar-refractivity contribution < 1.29 is 32.9 Å². The lowest BCUT2D eigenvalue weighted by Gasteiger charge is -2.25. The molecule has 0 spiro atoms. The average Bonchev–Trinajstić information content (AvgIpc) is 3.43. The van der Waals surface area contributed by atoms with Gasteiger partial charge in [-0.25, -0.2) is 4.57 Å².